The Morgan fingerprint density at radius 3 is 2.47 bits per heavy atom. The number of nitrogens with one attached hydrogen (secondary N) is 1. The summed E-state index contributed by atoms with van der Waals surface area (Å²) in [5, 5.41) is 3.52. The Morgan fingerprint density at radius 2 is 1.83 bits per heavy atom. The lowest BCUT2D eigenvalue weighted by atomic mass is 9.98. The number of fused-ring (bicyclic) bond motifs is 3. The molecule has 30 heavy (non-hydrogen) atoms. The highest BCUT2D eigenvalue weighted by Crippen LogP contribution is 2.44. The third-order valence-corrected chi connectivity index (χ3v) is 5.64. The molecular weight excluding hydrogens is 418 g/mol. The Labute approximate surface area is 184 Å². The van der Waals surface area contributed by atoms with Crippen LogP contribution in [0.15, 0.2) is 59.9 Å². The van der Waals surface area contributed by atoms with E-state index in [4.69, 9.17) is 16.3 Å². The van der Waals surface area contributed by atoms with Crippen molar-refractivity contribution in [3.05, 3.63) is 76.6 Å². The topological polar surface area (TPSA) is 64.1 Å². The summed E-state index contributed by atoms with van der Waals surface area (Å²) in [6.45, 7) is 0.403. The lowest BCUT2D eigenvalue weighted by molar-refractivity contribution is 0.144. The molecule has 0 bridgehead atoms. The highest BCUT2D eigenvalue weighted by Gasteiger charge is 2.28. The maximum Gasteiger partial charge on any atom is 0.407 e. The van der Waals surface area contributed by atoms with Crippen LogP contribution in [0.5, 0.6) is 0 Å². The fraction of sp³-hybridized carbons (Fsp3) is 0.174. The van der Waals surface area contributed by atoms with Crippen molar-refractivity contribution in [3.8, 4) is 23.0 Å². The van der Waals surface area contributed by atoms with Crippen LogP contribution < -0.4 is 5.32 Å². The summed E-state index contributed by atoms with van der Waals surface area (Å²) >= 11 is 7.48. The zero-order chi connectivity index (χ0) is 20.9. The van der Waals surface area contributed by atoms with Gasteiger partial charge in [-0.1, -0.05) is 83.7 Å². The van der Waals surface area contributed by atoms with Crippen LogP contribution in [0.25, 0.3) is 11.1 Å². The Balaban J connectivity index is 1.34. The lowest BCUT2D eigenvalue weighted by Gasteiger charge is -2.14. The van der Waals surface area contributed by atoms with Gasteiger partial charge in [0.15, 0.2) is 5.16 Å². The molecule has 1 N–H and O–H groups in total. The van der Waals surface area contributed by atoms with Gasteiger partial charge in [0.2, 0.25) is 0 Å². The van der Waals surface area contributed by atoms with Gasteiger partial charge in [-0.3, -0.25) is 0 Å². The van der Waals surface area contributed by atoms with E-state index in [0.29, 0.717) is 15.9 Å². The van der Waals surface area contributed by atoms with E-state index in [0.717, 1.165) is 0 Å². The van der Waals surface area contributed by atoms with Crippen LogP contribution in [-0.2, 0) is 4.74 Å². The summed E-state index contributed by atoms with van der Waals surface area (Å²) in [4.78, 5) is 20.4. The molecule has 1 aromatic heterocycles. The Hall–Kier alpha value is -3.01. The zero-order valence-corrected chi connectivity index (χ0v) is 17.8. The van der Waals surface area contributed by atoms with Crippen molar-refractivity contribution in [1.29, 1.82) is 0 Å². The molecule has 1 aliphatic carbocycles. The van der Waals surface area contributed by atoms with Gasteiger partial charge >= 0.3 is 6.09 Å². The van der Waals surface area contributed by atoms with E-state index in [1.165, 1.54) is 34.0 Å². The van der Waals surface area contributed by atoms with Crippen LogP contribution in [0.4, 0.5) is 4.79 Å². The van der Waals surface area contributed by atoms with E-state index in [2.05, 4.69) is 51.4 Å². The molecule has 1 aliphatic rings. The summed E-state index contributed by atoms with van der Waals surface area (Å²) in [6, 6.07) is 16.4. The minimum Gasteiger partial charge on any atom is -0.449 e. The monoisotopic (exact) mass is 435 g/mol. The molecule has 150 valence electrons. The first-order valence-corrected chi connectivity index (χ1v) is 10.9. The number of halogens is 1. The van der Waals surface area contributed by atoms with E-state index in [9.17, 15) is 4.79 Å². The molecule has 0 atom stereocenters. The molecule has 1 heterocycles. The van der Waals surface area contributed by atoms with Crippen LogP contribution >= 0.6 is 23.4 Å². The number of thioether (sulfide) groups is 1. The van der Waals surface area contributed by atoms with Crippen LogP contribution in [0.2, 0.25) is 5.15 Å². The van der Waals surface area contributed by atoms with Crippen molar-refractivity contribution in [2.45, 2.75) is 11.1 Å². The SMILES string of the molecule is CSc1ncc(C#CCNC(=O)OCC2c3ccccc3-c3ccccc32)c(Cl)n1. The first kappa shape index (κ1) is 20.3. The summed E-state index contributed by atoms with van der Waals surface area (Å²) in [5.41, 5.74) is 5.26. The van der Waals surface area contributed by atoms with Gasteiger partial charge in [-0.2, -0.15) is 0 Å². The number of amides is 1. The van der Waals surface area contributed by atoms with Gasteiger partial charge in [-0.05, 0) is 28.5 Å². The molecule has 0 saturated heterocycles. The quantitative estimate of drug-likeness (QED) is 0.277. The van der Waals surface area contributed by atoms with Crippen molar-refractivity contribution in [1.82, 2.24) is 15.3 Å². The molecule has 0 aliphatic heterocycles. The Morgan fingerprint density at radius 1 is 1.17 bits per heavy atom. The molecular formula is C23H18ClN3O2S. The number of alkyl carbamates (subject to hydrolysis) is 1. The standard InChI is InChI=1S/C23H18ClN3O2S/c1-30-22-26-13-15(21(24)27-22)7-6-12-25-23(28)29-14-20-18-10-4-2-8-16(18)17-9-3-5-11-19(17)20/h2-5,8-11,13,20H,12,14H2,1H3,(H,25,28). The third kappa shape index (κ3) is 4.28. The second-order valence-electron chi connectivity index (χ2n) is 6.54. The third-order valence-electron chi connectivity index (χ3n) is 4.79. The highest BCUT2D eigenvalue weighted by molar-refractivity contribution is 7.98. The minimum atomic E-state index is -0.508. The predicted octanol–water partition coefficient (Wildman–Crippen LogP) is 4.74. The summed E-state index contributed by atoms with van der Waals surface area (Å²) in [6.07, 6.45) is 2.93. The average molecular weight is 436 g/mol. The summed E-state index contributed by atoms with van der Waals surface area (Å²) < 4.78 is 5.47. The number of nitrogens with zero attached hydrogens (tertiary/aromatic N) is 2. The molecule has 7 heteroatoms. The zero-order valence-electron chi connectivity index (χ0n) is 16.2. The molecule has 0 spiro atoms. The van der Waals surface area contributed by atoms with Crippen molar-refractivity contribution in [2.24, 2.45) is 0 Å². The number of rotatable bonds is 4. The Kier molecular flexibility index (Phi) is 6.22. The first-order chi connectivity index (χ1) is 14.7. The maximum atomic E-state index is 12.1. The van der Waals surface area contributed by atoms with Gasteiger partial charge < -0.3 is 10.1 Å². The summed E-state index contributed by atoms with van der Waals surface area (Å²) in [7, 11) is 0. The van der Waals surface area contributed by atoms with E-state index in [1.807, 2.05) is 30.5 Å². The fourth-order valence-electron chi connectivity index (χ4n) is 3.43. The van der Waals surface area contributed by atoms with Gasteiger partial charge in [0.25, 0.3) is 0 Å². The number of ether oxygens (including phenoxy) is 1. The number of benzene rings is 2. The minimum absolute atomic E-state index is 0.0279. The molecule has 1 amide bonds. The average Bonchev–Trinajstić information content (AvgIpc) is 3.10. The van der Waals surface area contributed by atoms with Crippen molar-refractivity contribution >= 4 is 29.5 Å². The molecule has 0 unspecified atom stereocenters. The molecule has 0 radical (unpaired) electrons. The molecule has 2 aromatic carbocycles. The second kappa shape index (κ2) is 9.21. The largest absolute Gasteiger partial charge is 0.449 e. The molecule has 5 nitrogen and oxygen atoms in total. The van der Waals surface area contributed by atoms with E-state index >= 15 is 0 Å². The van der Waals surface area contributed by atoms with Gasteiger partial charge in [0, 0.05) is 12.1 Å². The lowest BCUT2D eigenvalue weighted by Crippen LogP contribution is -2.26. The highest BCUT2D eigenvalue weighted by atomic mass is 35.5. The van der Waals surface area contributed by atoms with Crippen LogP contribution in [0.3, 0.4) is 0 Å². The normalized spacial score (nSPS) is 11.8. The number of hydrogen-bond donors (Lipinski definition) is 1. The van der Waals surface area contributed by atoms with Gasteiger partial charge in [0.1, 0.15) is 11.8 Å². The number of carbonyl (C=O) groups excluding carboxylic acids is 1. The van der Waals surface area contributed by atoms with Crippen molar-refractivity contribution < 1.29 is 9.53 Å². The van der Waals surface area contributed by atoms with E-state index < -0.39 is 6.09 Å². The second-order valence-corrected chi connectivity index (χ2v) is 7.67. The number of hydrogen-bond acceptors (Lipinski definition) is 5. The first-order valence-electron chi connectivity index (χ1n) is 9.31. The van der Waals surface area contributed by atoms with Gasteiger partial charge in [-0.25, -0.2) is 14.8 Å². The Bertz CT molecular complexity index is 1110. The maximum absolute atomic E-state index is 12.1. The van der Waals surface area contributed by atoms with Gasteiger partial charge in [0.05, 0.1) is 12.1 Å². The van der Waals surface area contributed by atoms with Crippen molar-refractivity contribution in [3.63, 3.8) is 0 Å². The molecule has 3 aromatic rings. The van der Waals surface area contributed by atoms with Crippen molar-refractivity contribution in [2.75, 3.05) is 19.4 Å². The van der Waals surface area contributed by atoms with E-state index in [1.54, 1.807) is 6.20 Å². The van der Waals surface area contributed by atoms with Gasteiger partial charge in [-0.15, -0.1) is 0 Å². The predicted molar refractivity (Wildman–Crippen MR) is 119 cm³/mol. The number of carbonyl (C=O) groups is 1. The number of aromatic nitrogens is 2. The fourth-order valence-corrected chi connectivity index (χ4v) is 4.00. The van der Waals surface area contributed by atoms with Crippen LogP contribution in [0.1, 0.15) is 22.6 Å². The van der Waals surface area contributed by atoms with Crippen LogP contribution in [-0.4, -0.2) is 35.5 Å². The smallest absolute Gasteiger partial charge is 0.407 e. The van der Waals surface area contributed by atoms with Crippen LogP contribution in [0, 0.1) is 11.8 Å². The molecule has 0 saturated carbocycles. The molecule has 4 rings (SSSR count). The summed E-state index contributed by atoms with van der Waals surface area (Å²) in [5.74, 6) is 5.72. The van der Waals surface area contributed by atoms with E-state index in [-0.39, 0.29) is 19.1 Å². The molecule has 0 fully saturated rings.